The largest absolute Gasteiger partial charge is 0.351 e. The molecular formula is C34H23IrN3-2. The zero-order chi connectivity index (χ0) is 24.9. The fourth-order valence-electron chi connectivity index (χ4n) is 4.51. The van der Waals surface area contributed by atoms with Crippen molar-refractivity contribution in [2.75, 3.05) is 0 Å². The summed E-state index contributed by atoms with van der Waals surface area (Å²) >= 11 is 0. The Morgan fingerprint density at radius 3 is 1.55 bits per heavy atom. The summed E-state index contributed by atoms with van der Waals surface area (Å²) in [5.41, 5.74) is 7.49. The Labute approximate surface area is 235 Å². The molecule has 38 heavy (non-hydrogen) atoms. The van der Waals surface area contributed by atoms with Gasteiger partial charge in [-0.1, -0.05) is 60.7 Å². The number of rotatable bonds is 3. The number of para-hydroxylation sites is 2. The smallest absolute Gasteiger partial charge is 0.0452 e. The van der Waals surface area contributed by atoms with Gasteiger partial charge in [-0.05, 0) is 41.3 Å². The maximum Gasteiger partial charge on any atom is 0.0452 e. The third-order valence-electron chi connectivity index (χ3n) is 6.23. The van der Waals surface area contributed by atoms with Gasteiger partial charge in [0.25, 0.3) is 0 Å². The van der Waals surface area contributed by atoms with Gasteiger partial charge in [-0.3, -0.25) is 0 Å². The molecule has 4 heteroatoms. The van der Waals surface area contributed by atoms with Crippen LogP contribution < -0.4 is 0 Å². The molecular weight excluding hydrogens is 643 g/mol. The molecule has 0 aliphatic carbocycles. The quantitative estimate of drug-likeness (QED) is 0.178. The van der Waals surface area contributed by atoms with Crippen molar-refractivity contribution in [1.29, 1.82) is 0 Å². The summed E-state index contributed by atoms with van der Waals surface area (Å²) in [7, 11) is 0. The number of aromatic nitrogens is 3. The minimum atomic E-state index is 0. The van der Waals surface area contributed by atoms with Crippen LogP contribution in [0.1, 0.15) is 0 Å². The molecule has 0 bridgehead atoms. The van der Waals surface area contributed by atoms with Crippen molar-refractivity contribution < 1.29 is 20.1 Å². The SMILES string of the molecule is [Ir].[c-]1cc(-n2c3ccccc3c3ccccc32)ccc1-c1ccccn1.[c-]1ccccc1-c1ccccn1. The molecule has 0 spiro atoms. The van der Waals surface area contributed by atoms with Crippen LogP contribution in [0.2, 0.25) is 0 Å². The van der Waals surface area contributed by atoms with Crippen LogP contribution in [0.15, 0.2) is 140 Å². The molecule has 3 heterocycles. The first-order chi connectivity index (χ1) is 18.4. The van der Waals surface area contributed by atoms with Crippen molar-refractivity contribution in [3.63, 3.8) is 0 Å². The van der Waals surface area contributed by atoms with Crippen LogP contribution in [0, 0.1) is 12.1 Å². The third kappa shape index (κ3) is 5.19. The monoisotopic (exact) mass is 666 g/mol. The van der Waals surface area contributed by atoms with E-state index in [1.54, 1.807) is 6.20 Å². The van der Waals surface area contributed by atoms with Gasteiger partial charge in [0.05, 0.1) is 0 Å². The predicted octanol–water partition coefficient (Wildman–Crippen LogP) is 8.19. The van der Waals surface area contributed by atoms with Crippen LogP contribution in [0.25, 0.3) is 50.0 Å². The maximum atomic E-state index is 4.40. The summed E-state index contributed by atoms with van der Waals surface area (Å²) in [6.07, 6.45) is 3.60. The number of benzene rings is 4. The second kappa shape index (κ2) is 11.8. The molecule has 185 valence electrons. The van der Waals surface area contributed by atoms with Crippen molar-refractivity contribution in [3.8, 4) is 28.2 Å². The van der Waals surface area contributed by atoms with E-state index in [0.717, 1.165) is 28.2 Å². The maximum absolute atomic E-state index is 4.40. The second-order valence-electron chi connectivity index (χ2n) is 8.54. The van der Waals surface area contributed by atoms with Gasteiger partial charge in [-0.15, -0.1) is 65.7 Å². The molecule has 1 radical (unpaired) electrons. The second-order valence-corrected chi connectivity index (χ2v) is 8.54. The number of hydrogen-bond acceptors (Lipinski definition) is 2. The molecule has 0 saturated heterocycles. The zero-order valence-corrected chi connectivity index (χ0v) is 22.8. The van der Waals surface area contributed by atoms with Gasteiger partial charge < -0.3 is 14.5 Å². The Balaban J connectivity index is 0.000000191. The van der Waals surface area contributed by atoms with Crippen LogP contribution in [-0.2, 0) is 20.1 Å². The van der Waals surface area contributed by atoms with Gasteiger partial charge in [-0.25, -0.2) is 0 Å². The summed E-state index contributed by atoms with van der Waals surface area (Å²) in [5, 5.41) is 2.54. The summed E-state index contributed by atoms with van der Waals surface area (Å²) in [6.45, 7) is 0. The minimum Gasteiger partial charge on any atom is -0.351 e. The van der Waals surface area contributed by atoms with Crippen molar-refractivity contribution in [3.05, 3.63) is 152 Å². The molecule has 0 unspecified atom stereocenters. The molecule has 0 fully saturated rings. The van der Waals surface area contributed by atoms with E-state index in [0.29, 0.717) is 0 Å². The molecule has 7 aromatic rings. The van der Waals surface area contributed by atoms with Gasteiger partial charge in [0.15, 0.2) is 0 Å². The van der Waals surface area contributed by atoms with Crippen molar-refractivity contribution >= 4 is 21.8 Å². The average Bonchev–Trinajstić information content (AvgIpc) is 3.33. The molecule has 0 saturated carbocycles. The fourth-order valence-corrected chi connectivity index (χ4v) is 4.51. The number of pyridine rings is 2. The molecule has 0 aliphatic rings. The molecule has 0 aliphatic heterocycles. The van der Waals surface area contributed by atoms with Gasteiger partial charge in [0.1, 0.15) is 0 Å². The summed E-state index contributed by atoms with van der Waals surface area (Å²) in [4.78, 5) is 8.62. The van der Waals surface area contributed by atoms with Crippen molar-refractivity contribution in [1.82, 2.24) is 14.5 Å². The first-order valence-electron chi connectivity index (χ1n) is 12.2. The topological polar surface area (TPSA) is 30.7 Å². The van der Waals surface area contributed by atoms with Crippen LogP contribution >= 0.6 is 0 Å². The van der Waals surface area contributed by atoms with Gasteiger partial charge in [-0.2, -0.15) is 0 Å². The van der Waals surface area contributed by atoms with Crippen LogP contribution in [0.5, 0.6) is 0 Å². The molecule has 3 aromatic heterocycles. The van der Waals surface area contributed by atoms with Crippen LogP contribution in [-0.4, -0.2) is 14.5 Å². The zero-order valence-electron chi connectivity index (χ0n) is 20.5. The summed E-state index contributed by atoms with van der Waals surface area (Å²) in [6, 6.07) is 49.5. The van der Waals surface area contributed by atoms with E-state index in [1.807, 2.05) is 72.9 Å². The first kappa shape index (κ1) is 25.3. The predicted molar refractivity (Wildman–Crippen MR) is 151 cm³/mol. The minimum absolute atomic E-state index is 0. The van der Waals surface area contributed by atoms with Gasteiger partial charge >= 0.3 is 0 Å². The van der Waals surface area contributed by atoms with E-state index in [4.69, 9.17) is 0 Å². The van der Waals surface area contributed by atoms with Crippen molar-refractivity contribution in [2.45, 2.75) is 0 Å². The van der Waals surface area contributed by atoms with E-state index < -0.39 is 0 Å². The summed E-state index contributed by atoms with van der Waals surface area (Å²) < 4.78 is 2.30. The molecule has 4 aromatic carbocycles. The number of hydrogen-bond donors (Lipinski definition) is 0. The van der Waals surface area contributed by atoms with Gasteiger partial charge in [0.2, 0.25) is 0 Å². The fraction of sp³-hybridized carbons (Fsp3) is 0. The standard InChI is InChI=1S/C23H15N2.C11H8N.Ir/c1-3-10-22-19(7-1)20-8-2-4-11-23(20)25(22)18-14-12-17(13-15-18)21-9-5-6-16-24-21;1-2-6-10(7-3-1)11-8-4-5-9-12-11;/h1-12,14-16H;1-6,8-9H;/q2*-1;. The summed E-state index contributed by atoms with van der Waals surface area (Å²) in [5.74, 6) is 0. The molecule has 3 nitrogen and oxygen atoms in total. The van der Waals surface area contributed by atoms with E-state index >= 15 is 0 Å². The van der Waals surface area contributed by atoms with E-state index in [9.17, 15) is 0 Å². The van der Waals surface area contributed by atoms with E-state index in [-0.39, 0.29) is 20.1 Å². The Hall–Kier alpha value is -4.37. The number of nitrogens with zero attached hydrogens (tertiary/aromatic N) is 3. The Kier molecular flexibility index (Phi) is 7.84. The molecule has 0 atom stereocenters. The normalized spacial score (nSPS) is 10.4. The first-order valence-corrected chi connectivity index (χ1v) is 12.2. The van der Waals surface area contributed by atoms with E-state index in [1.165, 1.54) is 21.8 Å². The van der Waals surface area contributed by atoms with Crippen molar-refractivity contribution in [2.24, 2.45) is 0 Å². The van der Waals surface area contributed by atoms with Crippen LogP contribution in [0.4, 0.5) is 0 Å². The van der Waals surface area contributed by atoms with E-state index in [2.05, 4.69) is 87.3 Å². The molecule has 7 rings (SSSR count). The average molecular weight is 666 g/mol. The third-order valence-corrected chi connectivity index (χ3v) is 6.23. The Bertz CT molecular complexity index is 1650. The van der Waals surface area contributed by atoms with Crippen LogP contribution in [0.3, 0.4) is 0 Å². The number of fused-ring (bicyclic) bond motifs is 3. The van der Waals surface area contributed by atoms with Gasteiger partial charge in [0, 0.05) is 54.3 Å². The molecule has 0 N–H and O–H groups in total. The molecule has 0 amide bonds. The Morgan fingerprint density at radius 2 is 1.05 bits per heavy atom. The Morgan fingerprint density at radius 1 is 0.500 bits per heavy atom.